The van der Waals surface area contributed by atoms with E-state index >= 15 is 0 Å². The zero-order chi connectivity index (χ0) is 17.7. The summed E-state index contributed by atoms with van der Waals surface area (Å²) < 4.78 is 5.42. The number of morpholine rings is 1. The van der Waals surface area contributed by atoms with Crippen LogP contribution in [0.5, 0.6) is 0 Å². The number of guanidine groups is 1. The highest BCUT2D eigenvalue weighted by Gasteiger charge is 2.16. The molecule has 2 N–H and O–H groups in total. The molecule has 0 spiro atoms. The van der Waals surface area contributed by atoms with Crippen molar-refractivity contribution in [2.45, 2.75) is 31.2 Å². The number of nitrogens with one attached hydrogen (secondary N) is 2. The average molecular weight is 492 g/mol. The fourth-order valence-electron chi connectivity index (χ4n) is 2.68. The molecule has 5 nitrogen and oxygen atoms in total. The smallest absolute Gasteiger partial charge is 0.191 e. The van der Waals surface area contributed by atoms with Crippen LogP contribution in [-0.2, 0) is 4.74 Å². The predicted molar refractivity (Wildman–Crippen MR) is 123 cm³/mol. The normalized spacial score (nSPS) is 16.6. The summed E-state index contributed by atoms with van der Waals surface area (Å²) in [6, 6.07) is 11.0. The van der Waals surface area contributed by atoms with Gasteiger partial charge in [0.15, 0.2) is 5.96 Å². The minimum Gasteiger partial charge on any atom is -0.379 e. The van der Waals surface area contributed by atoms with Crippen LogP contribution in [0.4, 0.5) is 0 Å². The zero-order valence-electron chi connectivity index (χ0n) is 15.9. The number of hydrogen-bond acceptors (Lipinski definition) is 4. The molecule has 0 radical (unpaired) electrons. The van der Waals surface area contributed by atoms with Crippen molar-refractivity contribution in [3.8, 4) is 0 Å². The largest absolute Gasteiger partial charge is 0.379 e. The highest BCUT2D eigenvalue weighted by molar-refractivity contribution is 14.0. The lowest BCUT2D eigenvalue weighted by Crippen LogP contribution is -2.44. The second-order valence-corrected chi connectivity index (χ2v) is 7.33. The number of halogens is 1. The number of thioether (sulfide) groups is 1. The number of benzene rings is 1. The second-order valence-electron chi connectivity index (χ2n) is 6.16. The molecule has 1 atom stereocenters. The first-order valence-electron chi connectivity index (χ1n) is 9.31. The van der Waals surface area contributed by atoms with Crippen molar-refractivity contribution in [1.29, 1.82) is 0 Å². The van der Waals surface area contributed by atoms with Crippen LogP contribution in [0.3, 0.4) is 0 Å². The van der Waals surface area contributed by atoms with Gasteiger partial charge in [0.2, 0.25) is 0 Å². The fourth-order valence-corrected chi connectivity index (χ4v) is 3.56. The maximum absolute atomic E-state index is 5.42. The molecule has 7 heteroatoms. The lowest BCUT2D eigenvalue weighted by Gasteiger charge is -2.31. The fraction of sp³-hybridized carbons (Fsp3) is 0.632. The van der Waals surface area contributed by atoms with Crippen molar-refractivity contribution in [3.63, 3.8) is 0 Å². The topological polar surface area (TPSA) is 48.9 Å². The maximum atomic E-state index is 5.42. The molecule has 26 heavy (non-hydrogen) atoms. The van der Waals surface area contributed by atoms with E-state index in [1.165, 1.54) is 4.90 Å². The van der Waals surface area contributed by atoms with Crippen molar-refractivity contribution >= 4 is 41.7 Å². The Labute approximate surface area is 179 Å². The first kappa shape index (κ1) is 23.5. The summed E-state index contributed by atoms with van der Waals surface area (Å²) in [6.07, 6.45) is 1.11. The number of nitrogens with zero attached hydrogens (tertiary/aromatic N) is 2. The third-order valence-corrected chi connectivity index (χ3v) is 5.25. The van der Waals surface area contributed by atoms with E-state index in [9.17, 15) is 0 Å². The molecular weight excluding hydrogens is 459 g/mol. The van der Waals surface area contributed by atoms with Gasteiger partial charge in [-0.3, -0.25) is 9.89 Å². The molecule has 1 unspecified atom stereocenters. The molecule has 1 fully saturated rings. The van der Waals surface area contributed by atoms with Gasteiger partial charge in [-0.15, -0.1) is 35.7 Å². The Balaban J connectivity index is 0.00000338. The third kappa shape index (κ3) is 9.43. The molecule has 1 aromatic carbocycles. The van der Waals surface area contributed by atoms with E-state index in [1.807, 2.05) is 11.8 Å². The number of ether oxygens (including phenoxy) is 1. The van der Waals surface area contributed by atoms with E-state index in [-0.39, 0.29) is 24.0 Å². The zero-order valence-corrected chi connectivity index (χ0v) is 19.1. The summed E-state index contributed by atoms with van der Waals surface area (Å²) in [4.78, 5) is 8.54. The second kappa shape index (κ2) is 14.5. The number of hydrogen-bond donors (Lipinski definition) is 2. The van der Waals surface area contributed by atoms with Crippen molar-refractivity contribution in [2.24, 2.45) is 4.99 Å². The molecule has 0 amide bonds. The number of aliphatic imine (C=N–C) groups is 1. The van der Waals surface area contributed by atoms with E-state index in [0.717, 1.165) is 64.1 Å². The van der Waals surface area contributed by atoms with Gasteiger partial charge in [0, 0.05) is 37.1 Å². The Bertz CT molecular complexity index is 498. The van der Waals surface area contributed by atoms with Gasteiger partial charge < -0.3 is 15.4 Å². The van der Waals surface area contributed by atoms with Gasteiger partial charge in [0.25, 0.3) is 0 Å². The summed E-state index contributed by atoms with van der Waals surface area (Å²) >= 11 is 1.90. The van der Waals surface area contributed by atoms with E-state index < -0.39 is 0 Å². The summed E-state index contributed by atoms with van der Waals surface area (Å²) in [5.41, 5.74) is 0. The van der Waals surface area contributed by atoms with E-state index in [4.69, 9.17) is 9.73 Å². The maximum Gasteiger partial charge on any atom is 0.191 e. The van der Waals surface area contributed by atoms with Gasteiger partial charge in [0.05, 0.1) is 19.8 Å². The van der Waals surface area contributed by atoms with Gasteiger partial charge in [-0.2, -0.15) is 0 Å². The van der Waals surface area contributed by atoms with Crippen molar-refractivity contribution < 1.29 is 4.74 Å². The summed E-state index contributed by atoms with van der Waals surface area (Å²) in [7, 11) is 0. The Morgan fingerprint density at radius 3 is 2.65 bits per heavy atom. The molecule has 0 aliphatic carbocycles. The first-order chi connectivity index (χ1) is 12.3. The minimum absolute atomic E-state index is 0. The SMILES string of the molecule is CCNC(=NCC(C)N1CCOCC1)NCCCSc1ccccc1.I. The number of rotatable bonds is 9. The Hall–Kier alpha value is -0.510. The van der Waals surface area contributed by atoms with Crippen LogP contribution in [0.2, 0.25) is 0 Å². The van der Waals surface area contributed by atoms with E-state index in [1.54, 1.807) is 0 Å². The minimum atomic E-state index is 0. The quantitative estimate of drug-likeness (QED) is 0.183. The van der Waals surface area contributed by atoms with Gasteiger partial charge in [-0.1, -0.05) is 18.2 Å². The molecule has 1 heterocycles. The van der Waals surface area contributed by atoms with Crippen LogP contribution in [-0.4, -0.2) is 68.6 Å². The molecule has 0 saturated carbocycles. The van der Waals surface area contributed by atoms with Crippen LogP contribution < -0.4 is 10.6 Å². The average Bonchev–Trinajstić information content (AvgIpc) is 2.67. The lowest BCUT2D eigenvalue weighted by atomic mass is 10.2. The Kier molecular flexibility index (Phi) is 13.2. The van der Waals surface area contributed by atoms with E-state index in [2.05, 4.69) is 59.7 Å². The monoisotopic (exact) mass is 492 g/mol. The predicted octanol–water partition coefficient (Wildman–Crippen LogP) is 3.06. The van der Waals surface area contributed by atoms with Crippen LogP contribution >= 0.6 is 35.7 Å². The molecule has 1 saturated heterocycles. The summed E-state index contributed by atoms with van der Waals surface area (Å²) in [5, 5.41) is 6.79. The van der Waals surface area contributed by atoms with Crippen LogP contribution in [0.25, 0.3) is 0 Å². The standard InChI is InChI=1S/C19H32N4OS.HI/c1-3-20-19(22-16-17(2)23-11-13-24-14-12-23)21-10-7-15-25-18-8-5-4-6-9-18;/h4-6,8-9,17H,3,7,10-16H2,1-2H3,(H2,20,21,22);1H. The Morgan fingerprint density at radius 2 is 1.96 bits per heavy atom. The highest BCUT2D eigenvalue weighted by Crippen LogP contribution is 2.17. The van der Waals surface area contributed by atoms with Crippen LogP contribution in [0, 0.1) is 0 Å². The van der Waals surface area contributed by atoms with Gasteiger partial charge in [0.1, 0.15) is 0 Å². The Morgan fingerprint density at radius 1 is 1.23 bits per heavy atom. The molecule has 1 aromatic rings. The van der Waals surface area contributed by atoms with E-state index in [0.29, 0.717) is 6.04 Å². The summed E-state index contributed by atoms with van der Waals surface area (Å²) in [6.45, 7) is 10.7. The first-order valence-corrected chi connectivity index (χ1v) is 10.3. The van der Waals surface area contributed by atoms with Gasteiger partial charge in [-0.05, 0) is 38.2 Å². The van der Waals surface area contributed by atoms with Crippen molar-refractivity contribution in [2.75, 3.05) is 51.7 Å². The molecule has 1 aliphatic rings. The van der Waals surface area contributed by atoms with Crippen LogP contribution in [0.15, 0.2) is 40.2 Å². The van der Waals surface area contributed by atoms with Gasteiger partial charge in [-0.25, -0.2) is 0 Å². The highest BCUT2D eigenvalue weighted by atomic mass is 127. The van der Waals surface area contributed by atoms with Crippen molar-refractivity contribution in [3.05, 3.63) is 30.3 Å². The molecular formula is C19H33IN4OS. The molecule has 148 valence electrons. The molecule has 1 aliphatic heterocycles. The summed E-state index contributed by atoms with van der Waals surface area (Å²) in [5.74, 6) is 2.04. The molecule has 2 rings (SSSR count). The molecule has 0 aromatic heterocycles. The molecule has 0 bridgehead atoms. The lowest BCUT2D eigenvalue weighted by molar-refractivity contribution is 0.0220. The van der Waals surface area contributed by atoms with Crippen molar-refractivity contribution in [1.82, 2.24) is 15.5 Å². The van der Waals surface area contributed by atoms with Crippen LogP contribution in [0.1, 0.15) is 20.3 Å². The van der Waals surface area contributed by atoms with Gasteiger partial charge >= 0.3 is 0 Å². The third-order valence-electron chi connectivity index (χ3n) is 4.15.